The molecule has 3 unspecified atom stereocenters. The van der Waals surface area contributed by atoms with Crippen LogP contribution in [0.1, 0.15) is 77.6 Å². The lowest BCUT2D eigenvalue weighted by molar-refractivity contribution is 0.0553. The average Bonchev–Trinajstić information content (AvgIpc) is 3.14. The lowest BCUT2D eigenvalue weighted by atomic mass is 9.61. The molecular weight excluding hydrogens is 280 g/mol. The molecule has 0 aliphatic heterocycles. The van der Waals surface area contributed by atoms with E-state index in [0.717, 1.165) is 17.8 Å². The van der Waals surface area contributed by atoms with E-state index in [1.807, 2.05) is 7.11 Å². The van der Waals surface area contributed by atoms with Crippen molar-refractivity contribution in [3.63, 3.8) is 0 Å². The van der Waals surface area contributed by atoms with Gasteiger partial charge in [0.1, 0.15) is 0 Å². The summed E-state index contributed by atoms with van der Waals surface area (Å²) in [6.07, 6.45) is 18.3. The Hall–Kier alpha value is -0.720. The minimum Gasteiger partial charge on any atom is -0.501 e. The van der Waals surface area contributed by atoms with Crippen LogP contribution in [0.3, 0.4) is 0 Å². The van der Waals surface area contributed by atoms with Gasteiger partial charge in [-0.25, -0.2) is 0 Å². The molecule has 0 aromatic rings. The van der Waals surface area contributed by atoms with Gasteiger partial charge in [0.05, 0.1) is 12.9 Å². The predicted molar refractivity (Wildman–Crippen MR) is 93.9 cm³/mol. The Morgan fingerprint density at radius 2 is 1.70 bits per heavy atom. The summed E-state index contributed by atoms with van der Waals surface area (Å²) in [4.78, 5) is 0. The summed E-state index contributed by atoms with van der Waals surface area (Å²) >= 11 is 0. The van der Waals surface area contributed by atoms with E-state index in [4.69, 9.17) is 4.74 Å². The summed E-state index contributed by atoms with van der Waals surface area (Å²) in [5.74, 6) is 4.20. The SMILES string of the molecule is CO/C1=C2\CC=C2CC2CC3(C)C[C@H](C1)CC3(C1CCCC1)C2. The molecule has 0 saturated heterocycles. The quantitative estimate of drug-likeness (QED) is 0.606. The van der Waals surface area contributed by atoms with E-state index < -0.39 is 0 Å². The number of allylic oxidation sites excluding steroid dienone is 4. The molecule has 0 aromatic carbocycles. The second-order valence-corrected chi connectivity index (χ2v) is 9.69. The number of ether oxygens (including phenoxy) is 1. The minimum absolute atomic E-state index is 0.623. The lowest BCUT2D eigenvalue weighted by Crippen LogP contribution is -2.36. The van der Waals surface area contributed by atoms with Crippen LogP contribution in [0.4, 0.5) is 0 Å². The van der Waals surface area contributed by atoms with Crippen molar-refractivity contribution in [1.29, 1.82) is 0 Å². The molecule has 6 aliphatic carbocycles. The van der Waals surface area contributed by atoms with Crippen molar-refractivity contribution in [3.8, 4) is 0 Å². The van der Waals surface area contributed by atoms with Crippen LogP contribution in [0.2, 0.25) is 0 Å². The van der Waals surface area contributed by atoms with Gasteiger partial charge < -0.3 is 4.74 Å². The van der Waals surface area contributed by atoms with Crippen molar-refractivity contribution in [2.75, 3.05) is 7.11 Å². The van der Waals surface area contributed by atoms with Crippen LogP contribution in [0.5, 0.6) is 0 Å². The van der Waals surface area contributed by atoms with E-state index >= 15 is 0 Å². The third kappa shape index (κ3) is 1.91. The van der Waals surface area contributed by atoms with Gasteiger partial charge in [-0.15, -0.1) is 0 Å². The Labute approximate surface area is 141 Å². The maximum atomic E-state index is 5.89. The van der Waals surface area contributed by atoms with Crippen molar-refractivity contribution in [2.24, 2.45) is 28.6 Å². The molecular formula is C22H32O. The molecule has 1 heteroatoms. The van der Waals surface area contributed by atoms with Crippen molar-refractivity contribution in [1.82, 2.24) is 0 Å². The van der Waals surface area contributed by atoms with Crippen LogP contribution < -0.4 is 0 Å². The van der Waals surface area contributed by atoms with Gasteiger partial charge in [0.2, 0.25) is 0 Å². The van der Waals surface area contributed by atoms with E-state index in [2.05, 4.69) is 13.0 Å². The molecule has 0 amide bonds. The molecule has 1 nitrogen and oxygen atoms in total. The molecule has 4 atom stereocenters. The first-order chi connectivity index (χ1) is 11.1. The Bertz CT molecular complexity index is 579. The summed E-state index contributed by atoms with van der Waals surface area (Å²) in [6, 6.07) is 0. The summed E-state index contributed by atoms with van der Waals surface area (Å²) in [7, 11) is 1.91. The van der Waals surface area contributed by atoms with Gasteiger partial charge in [-0.2, -0.15) is 0 Å². The zero-order valence-electron chi connectivity index (χ0n) is 15.0. The first-order valence-electron chi connectivity index (χ1n) is 10.1. The fourth-order valence-corrected chi connectivity index (χ4v) is 7.86. The standard InChI is InChI=1S/C22H32O/c1-21-11-15-9-17-7-8-19(17)20(23-2)10-16(12-21)14-22(21,13-15)18-5-3-4-6-18/h7,15-16,18H,3-6,8-14H2,1-2H3/b20-19+/t15?,16-,21?,22?/m0/s1. The van der Waals surface area contributed by atoms with Crippen molar-refractivity contribution >= 4 is 0 Å². The zero-order valence-corrected chi connectivity index (χ0v) is 15.0. The monoisotopic (exact) mass is 312 g/mol. The maximum absolute atomic E-state index is 5.89. The third-order valence-corrected chi connectivity index (χ3v) is 8.63. The normalized spacial score (nSPS) is 49.0. The summed E-state index contributed by atoms with van der Waals surface area (Å²) in [6.45, 7) is 2.68. The smallest absolute Gasteiger partial charge is 0.0995 e. The minimum atomic E-state index is 0.623. The van der Waals surface area contributed by atoms with E-state index in [9.17, 15) is 0 Å². The van der Waals surface area contributed by atoms with Gasteiger partial charge >= 0.3 is 0 Å². The summed E-state index contributed by atoms with van der Waals surface area (Å²) < 4.78 is 5.89. The van der Waals surface area contributed by atoms with Crippen molar-refractivity contribution in [2.45, 2.75) is 77.6 Å². The summed E-state index contributed by atoms with van der Waals surface area (Å²) in [5.41, 5.74) is 4.54. The van der Waals surface area contributed by atoms with E-state index in [1.54, 1.807) is 11.1 Å². The second-order valence-electron chi connectivity index (χ2n) is 9.69. The molecule has 0 N–H and O–H groups in total. The Morgan fingerprint density at radius 1 is 1.00 bits per heavy atom. The number of hydrogen-bond donors (Lipinski definition) is 0. The van der Waals surface area contributed by atoms with Gasteiger partial charge in [-0.05, 0) is 91.1 Å². The third-order valence-electron chi connectivity index (χ3n) is 8.63. The van der Waals surface area contributed by atoms with Gasteiger partial charge in [0.25, 0.3) is 0 Å². The number of hydrogen-bond acceptors (Lipinski definition) is 1. The molecule has 6 aliphatic rings. The Morgan fingerprint density at radius 3 is 2.30 bits per heavy atom. The number of fused-ring (bicyclic) bond motifs is 1. The van der Waals surface area contributed by atoms with E-state index in [0.29, 0.717) is 10.8 Å². The largest absolute Gasteiger partial charge is 0.501 e. The fraction of sp³-hybridized carbons (Fsp3) is 0.818. The highest BCUT2D eigenvalue weighted by Crippen LogP contribution is 2.72. The van der Waals surface area contributed by atoms with Crippen LogP contribution >= 0.6 is 0 Å². The first kappa shape index (κ1) is 14.6. The molecule has 126 valence electrons. The topological polar surface area (TPSA) is 9.23 Å². The van der Waals surface area contributed by atoms with Gasteiger partial charge in [0.15, 0.2) is 0 Å². The molecule has 0 aromatic heterocycles. The maximum Gasteiger partial charge on any atom is 0.0995 e. The van der Waals surface area contributed by atoms with Crippen LogP contribution in [0.15, 0.2) is 23.0 Å². The summed E-state index contributed by atoms with van der Waals surface area (Å²) in [5, 5.41) is 0. The highest BCUT2D eigenvalue weighted by molar-refractivity contribution is 5.45. The molecule has 23 heavy (non-hydrogen) atoms. The molecule has 4 bridgehead atoms. The van der Waals surface area contributed by atoms with Gasteiger partial charge in [0, 0.05) is 6.42 Å². The van der Waals surface area contributed by atoms with Crippen LogP contribution in [0.25, 0.3) is 0 Å². The van der Waals surface area contributed by atoms with Gasteiger partial charge in [-0.3, -0.25) is 0 Å². The highest BCUT2D eigenvalue weighted by Gasteiger charge is 2.63. The Balaban J connectivity index is 1.55. The average molecular weight is 312 g/mol. The fourth-order valence-electron chi connectivity index (χ4n) is 7.86. The predicted octanol–water partition coefficient (Wildman–Crippen LogP) is 6.01. The van der Waals surface area contributed by atoms with Gasteiger partial charge in [-0.1, -0.05) is 25.8 Å². The van der Waals surface area contributed by atoms with Crippen LogP contribution in [-0.2, 0) is 4.74 Å². The molecule has 0 radical (unpaired) electrons. The highest BCUT2D eigenvalue weighted by atomic mass is 16.5. The molecule has 0 heterocycles. The van der Waals surface area contributed by atoms with Crippen LogP contribution in [0, 0.1) is 28.6 Å². The van der Waals surface area contributed by atoms with Crippen LogP contribution in [-0.4, -0.2) is 7.11 Å². The number of rotatable bonds is 2. The Kier molecular flexibility index (Phi) is 3.11. The molecule has 0 spiro atoms. The van der Waals surface area contributed by atoms with E-state index in [-0.39, 0.29) is 0 Å². The lowest BCUT2D eigenvalue weighted by Gasteiger charge is -2.43. The number of methoxy groups -OCH3 is 1. The van der Waals surface area contributed by atoms with Crippen molar-refractivity contribution < 1.29 is 4.74 Å². The van der Waals surface area contributed by atoms with Crippen molar-refractivity contribution in [3.05, 3.63) is 23.0 Å². The van der Waals surface area contributed by atoms with E-state index in [1.165, 1.54) is 76.4 Å². The zero-order chi connectivity index (χ0) is 15.7. The second kappa shape index (κ2) is 4.90. The molecule has 3 fully saturated rings. The molecule has 3 saturated carbocycles. The first-order valence-corrected chi connectivity index (χ1v) is 10.1. The molecule has 6 rings (SSSR count).